The first-order valence-electron chi connectivity index (χ1n) is 7.97. The number of rotatable bonds is 2. The summed E-state index contributed by atoms with van der Waals surface area (Å²) < 4.78 is 0. The zero-order valence-electron chi connectivity index (χ0n) is 12.5. The van der Waals surface area contributed by atoms with Crippen LogP contribution in [0.15, 0.2) is 30.5 Å². The van der Waals surface area contributed by atoms with Crippen LogP contribution >= 0.6 is 0 Å². The molecule has 112 valence electrons. The summed E-state index contributed by atoms with van der Waals surface area (Å²) in [6, 6.07) is 6.09. The molecule has 0 fully saturated rings. The van der Waals surface area contributed by atoms with Crippen molar-refractivity contribution in [2.45, 2.75) is 32.1 Å². The summed E-state index contributed by atoms with van der Waals surface area (Å²) in [6.07, 6.45) is 9.82. The predicted molar refractivity (Wildman–Crippen MR) is 86.5 cm³/mol. The Hall–Kier alpha value is -2.36. The van der Waals surface area contributed by atoms with Gasteiger partial charge in [-0.3, -0.25) is 9.78 Å². The molecule has 22 heavy (non-hydrogen) atoms. The fourth-order valence-corrected chi connectivity index (χ4v) is 3.29. The van der Waals surface area contributed by atoms with Crippen LogP contribution in [0.1, 0.15) is 47.4 Å². The molecular formula is C18H19N3O. The van der Waals surface area contributed by atoms with Crippen LogP contribution in [0.5, 0.6) is 0 Å². The van der Waals surface area contributed by atoms with Gasteiger partial charge in [0, 0.05) is 36.1 Å². The number of carbonyl (C=O) groups is 1. The number of amides is 1. The maximum Gasteiger partial charge on any atom is 0.253 e. The van der Waals surface area contributed by atoms with Crippen molar-refractivity contribution in [3.05, 3.63) is 47.4 Å². The molecule has 2 aromatic rings. The number of pyridine rings is 1. The highest BCUT2D eigenvalue weighted by Gasteiger charge is 2.20. The minimum Gasteiger partial charge on any atom is -0.358 e. The molecule has 0 atom stereocenters. The number of fused-ring (bicyclic) bond motifs is 1. The fourth-order valence-electron chi connectivity index (χ4n) is 3.29. The Labute approximate surface area is 129 Å². The highest BCUT2D eigenvalue weighted by molar-refractivity contribution is 5.97. The molecule has 2 aromatic heterocycles. The lowest BCUT2D eigenvalue weighted by Crippen LogP contribution is -2.31. The van der Waals surface area contributed by atoms with Crippen LogP contribution in [0.3, 0.4) is 0 Å². The number of allylic oxidation sites excluding steroid dienone is 2. The SMILES string of the molecule is O=C1NCCc2[nH]c(-c3ccnc(C4=CCCCC4)c3)cc21. The van der Waals surface area contributed by atoms with Crippen LogP contribution in [-0.4, -0.2) is 22.4 Å². The number of aromatic nitrogens is 2. The molecule has 0 aromatic carbocycles. The Morgan fingerprint density at radius 2 is 2.09 bits per heavy atom. The van der Waals surface area contributed by atoms with Gasteiger partial charge in [0.1, 0.15) is 0 Å². The van der Waals surface area contributed by atoms with Crippen molar-refractivity contribution in [2.24, 2.45) is 0 Å². The molecule has 4 nitrogen and oxygen atoms in total. The summed E-state index contributed by atoms with van der Waals surface area (Å²) in [5.74, 6) is 0.0213. The van der Waals surface area contributed by atoms with Crippen molar-refractivity contribution in [3.8, 4) is 11.3 Å². The summed E-state index contributed by atoms with van der Waals surface area (Å²) in [5.41, 5.74) is 6.32. The average Bonchev–Trinajstić information content (AvgIpc) is 3.02. The first-order chi connectivity index (χ1) is 10.8. The molecule has 0 saturated heterocycles. The maximum absolute atomic E-state index is 11.9. The standard InChI is InChI=1S/C18H19N3O/c22-18-14-11-17(21-15(14)7-9-20-18)13-6-8-19-16(10-13)12-4-2-1-3-5-12/h4,6,8,10-11,21H,1-3,5,7,9H2,(H,20,22). The van der Waals surface area contributed by atoms with Gasteiger partial charge in [-0.1, -0.05) is 6.08 Å². The largest absolute Gasteiger partial charge is 0.358 e. The summed E-state index contributed by atoms with van der Waals surface area (Å²) in [6.45, 7) is 0.709. The van der Waals surface area contributed by atoms with Crippen molar-refractivity contribution in [2.75, 3.05) is 6.54 Å². The molecule has 0 unspecified atom stereocenters. The normalized spacial score (nSPS) is 17.6. The molecule has 1 aliphatic heterocycles. The molecule has 1 amide bonds. The van der Waals surface area contributed by atoms with E-state index in [-0.39, 0.29) is 5.91 Å². The Morgan fingerprint density at radius 3 is 2.91 bits per heavy atom. The summed E-state index contributed by atoms with van der Waals surface area (Å²) >= 11 is 0. The van der Waals surface area contributed by atoms with E-state index in [2.05, 4.69) is 27.4 Å². The fraction of sp³-hybridized carbons (Fsp3) is 0.333. The Kier molecular flexibility index (Phi) is 3.29. The quantitative estimate of drug-likeness (QED) is 0.892. The van der Waals surface area contributed by atoms with Gasteiger partial charge in [-0.05, 0) is 49.5 Å². The number of carbonyl (C=O) groups excluding carboxylic acids is 1. The van der Waals surface area contributed by atoms with E-state index < -0.39 is 0 Å². The first kappa shape index (κ1) is 13.3. The van der Waals surface area contributed by atoms with Crippen LogP contribution in [-0.2, 0) is 6.42 Å². The Morgan fingerprint density at radius 1 is 1.14 bits per heavy atom. The van der Waals surface area contributed by atoms with Crippen molar-refractivity contribution < 1.29 is 4.79 Å². The van der Waals surface area contributed by atoms with Crippen molar-refractivity contribution in [3.63, 3.8) is 0 Å². The highest BCUT2D eigenvalue weighted by Crippen LogP contribution is 2.29. The molecule has 4 rings (SSSR count). The topological polar surface area (TPSA) is 57.8 Å². The van der Waals surface area contributed by atoms with Crippen LogP contribution in [0, 0.1) is 0 Å². The molecular weight excluding hydrogens is 274 g/mol. The van der Waals surface area contributed by atoms with E-state index in [0.717, 1.165) is 47.5 Å². The lowest BCUT2D eigenvalue weighted by molar-refractivity contribution is 0.0946. The minimum absolute atomic E-state index is 0.0213. The monoisotopic (exact) mass is 293 g/mol. The number of hydrogen-bond donors (Lipinski definition) is 2. The third-order valence-electron chi connectivity index (χ3n) is 4.50. The van der Waals surface area contributed by atoms with Gasteiger partial charge in [0.2, 0.25) is 0 Å². The van der Waals surface area contributed by atoms with Crippen molar-refractivity contribution in [1.29, 1.82) is 0 Å². The van der Waals surface area contributed by atoms with Gasteiger partial charge in [0.05, 0.1) is 11.3 Å². The lowest BCUT2D eigenvalue weighted by atomic mass is 9.96. The van der Waals surface area contributed by atoms with Crippen LogP contribution in [0.2, 0.25) is 0 Å². The summed E-state index contributed by atoms with van der Waals surface area (Å²) in [4.78, 5) is 19.8. The second kappa shape index (κ2) is 5.44. The predicted octanol–water partition coefficient (Wildman–Crippen LogP) is 3.32. The van der Waals surface area contributed by atoms with Gasteiger partial charge in [-0.15, -0.1) is 0 Å². The number of aromatic amines is 1. The molecule has 0 radical (unpaired) electrons. The summed E-state index contributed by atoms with van der Waals surface area (Å²) in [7, 11) is 0. The van der Waals surface area contributed by atoms with Gasteiger partial charge in [0.25, 0.3) is 5.91 Å². The van der Waals surface area contributed by atoms with Gasteiger partial charge >= 0.3 is 0 Å². The van der Waals surface area contributed by atoms with E-state index >= 15 is 0 Å². The third kappa shape index (κ3) is 2.34. The van der Waals surface area contributed by atoms with E-state index in [1.165, 1.54) is 18.4 Å². The second-order valence-corrected chi connectivity index (χ2v) is 5.99. The Bertz CT molecular complexity index is 757. The number of hydrogen-bond acceptors (Lipinski definition) is 2. The molecule has 0 spiro atoms. The van der Waals surface area contributed by atoms with E-state index in [0.29, 0.717) is 6.54 Å². The third-order valence-corrected chi connectivity index (χ3v) is 4.50. The maximum atomic E-state index is 11.9. The van der Waals surface area contributed by atoms with Crippen LogP contribution in [0.4, 0.5) is 0 Å². The Balaban J connectivity index is 1.71. The van der Waals surface area contributed by atoms with Gasteiger partial charge in [-0.25, -0.2) is 0 Å². The van der Waals surface area contributed by atoms with E-state index in [1.807, 2.05) is 18.3 Å². The minimum atomic E-state index is 0.0213. The van der Waals surface area contributed by atoms with Crippen LogP contribution < -0.4 is 5.32 Å². The molecule has 0 bridgehead atoms. The van der Waals surface area contributed by atoms with Gasteiger partial charge in [-0.2, -0.15) is 0 Å². The first-order valence-corrected chi connectivity index (χ1v) is 7.97. The molecule has 4 heteroatoms. The van der Waals surface area contributed by atoms with Gasteiger partial charge in [0.15, 0.2) is 0 Å². The smallest absolute Gasteiger partial charge is 0.253 e. The molecule has 0 saturated carbocycles. The number of H-pyrrole nitrogens is 1. The van der Waals surface area contributed by atoms with E-state index in [9.17, 15) is 4.79 Å². The van der Waals surface area contributed by atoms with Gasteiger partial charge < -0.3 is 10.3 Å². The van der Waals surface area contributed by atoms with E-state index in [4.69, 9.17) is 0 Å². The number of nitrogens with one attached hydrogen (secondary N) is 2. The zero-order chi connectivity index (χ0) is 14.9. The average molecular weight is 293 g/mol. The highest BCUT2D eigenvalue weighted by atomic mass is 16.1. The van der Waals surface area contributed by atoms with Crippen LogP contribution in [0.25, 0.3) is 16.8 Å². The summed E-state index contributed by atoms with van der Waals surface area (Å²) in [5, 5.41) is 2.89. The number of nitrogens with zero attached hydrogens (tertiary/aromatic N) is 1. The van der Waals surface area contributed by atoms with E-state index in [1.54, 1.807) is 0 Å². The molecule has 2 aliphatic rings. The molecule has 3 heterocycles. The molecule has 2 N–H and O–H groups in total. The lowest BCUT2D eigenvalue weighted by Gasteiger charge is -2.12. The van der Waals surface area contributed by atoms with Crippen molar-refractivity contribution in [1.82, 2.24) is 15.3 Å². The zero-order valence-corrected chi connectivity index (χ0v) is 12.5. The second-order valence-electron chi connectivity index (χ2n) is 5.99. The van der Waals surface area contributed by atoms with Crippen molar-refractivity contribution >= 4 is 11.5 Å². The molecule has 1 aliphatic carbocycles.